The largest absolute Gasteiger partial charge is 0.308 e. The first-order chi connectivity index (χ1) is 12.0. The van der Waals surface area contributed by atoms with Crippen LogP contribution in [0.15, 0.2) is 58.5 Å². The van der Waals surface area contributed by atoms with Gasteiger partial charge >= 0.3 is 0 Å². The maximum atomic E-state index is 12.9. The fourth-order valence-corrected chi connectivity index (χ4v) is 3.57. The smallest absolute Gasteiger partial charge is 0.262 e. The van der Waals surface area contributed by atoms with E-state index in [1.165, 1.54) is 11.1 Å². The number of thioether (sulfide) groups is 1. The Labute approximate surface area is 152 Å². The van der Waals surface area contributed by atoms with Crippen LogP contribution in [-0.4, -0.2) is 35.1 Å². The fraction of sp³-hybridized carbons (Fsp3) is 0.300. The van der Waals surface area contributed by atoms with Crippen LogP contribution in [0.5, 0.6) is 0 Å². The molecule has 0 aliphatic carbocycles. The van der Waals surface area contributed by atoms with E-state index in [-0.39, 0.29) is 5.56 Å². The summed E-state index contributed by atoms with van der Waals surface area (Å²) in [5.74, 6) is 0.799. The number of likely N-dealkylation sites (N-methyl/N-ethyl adjacent to an activating group) is 1. The lowest BCUT2D eigenvalue weighted by Gasteiger charge is -2.15. The van der Waals surface area contributed by atoms with E-state index in [1.807, 2.05) is 38.4 Å². The summed E-state index contributed by atoms with van der Waals surface area (Å²) in [6.07, 6.45) is 0. The van der Waals surface area contributed by atoms with E-state index < -0.39 is 0 Å². The molecule has 0 N–H and O–H groups in total. The van der Waals surface area contributed by atoms with Crippen LogP contribution < -0.4 is 5.56 Å². The predicted molar refractivity (Wildman–Crippen MR) is 105 cm³/mol. The molecule has 3 rings (SSSR count). The minimum Gasteiger partial charge on any atom is -0.308 e. The number of fused-ring (bicyclic) bond motifs is 1. The second-order valence-electron chi connectivity index (χ2n) is 6.45. The molecule has 0 bridgehead atoms. The van der Waals surface area contributed by atoms with Gasteiger partial charge in [-0.15, -0.1) is 0 Å². The van der Waals surface area contributed by atoms with Gasteiger partial charge < -0.3 is 4.90 Å². The highest BCUT2D eigenvalue weighted by Gasteiger charge is 2.11. The summed E-state index contributed by atoms with van der Waals surface area (Å²) < 4.78 is 1.81. The summed E-state index contributed by atoms with van der Waals surface area (Å²) in [4.78, 5) is 19.7. The second kappa shape index (κ2) is 7.85. The molecule has 4 nitrogen and oxygen atoms in total. The second-order valence-corrected chi connectivity index (χ2v) is 7.39. The molecule has 130 valence electrons. The normalized spacial score (nSPS) is 11.4. The molecule has 0 radical (unpaired) electrons. The molecule has 5 heteroatoms. The quantitative estimate of drug-likeness (QED) is 0.502. The third-order valence-electron chi connectivity index (χ3n) is 4.09. The van der Waals surface area contributed by atoms with Crippen molar-refractivity contribution in [2.75, 3.05) is 20.6 Å². The fourth-order valence-electron chi connectivity index (χ4n) is 2.59. The number of rotatable bonds is 6. The van der Waals surface area contributed by atoms with Crippen LogP contribution in [0, 0.1) is 6.92 Å². The standard InChI is InChI=1S/C20H23N3OS/c1-15-8-10-16(11-9-15)14-25-20-21-18-7-5-4-6-17(18)19(24)23(20)13-12-22(2)3/h4-11H,12-14H2,1-3H3. The SMILES string of the molecule is Cc1ccc(CSc2nc3ccccc3c(=O)n2CCN(C)C)cc1. The number of hydrogen-bond acceptors (Lipinski definition) is 4. The minimum absolute atomic E-state index is 0.0406. The molecule has 0 fully saturated rings. The van der Waals surface area contributed by atoms with E-state index in [0.29, 0.717) is 11.9 Å². The number of hydrogen-bond donors (Lipinski definition) is 0. The highest BCUT2D eigenvalue weighted by Crippen LogP contribution is 2.22. The lowest BCUT2D eigenvalue weighted by Crippen LogP contribution is -2.28. The van der Waals surface area contributed by atoms with Crippen molar-refractivity contribution in [1.29, 1.82) is 0 Å². The van der Waals surface area contributed by atoms with Gasteiger partial charge in [0.25, 0.3) is 5.56 Å². The van der Waals surface area contributed by atoms with Crippen LogP contribution in [-0.2, 0) is 12.3 Å². The Balaban J connectivity index is 1.94. The molecule has 1 heterocycles. The number of benzene rings is 2. The Hall–Kier alpha value is -2.11. The van der Waals surface area contributed by atoms with Crippen molar-refractivity contribution in [1.82, 2.24) is 14.5 Å². The summed E-state index contributed by atoms with van der Waals surface area (Å²) in [5, 5.41) is 1.46. The van der Waals surface area contributed by atoms with E-state index >= 15 is 0 Å². The van der Waals surface area contributed by atoms with Crippen LogP contribution in [0.4, 0.5) is 0 Å². The van der Waals surface area contributed by atoms with Crippen molar-refractivity contribution in [3.63, 3.8) is 0 Å². The number of para-hydroxylation sites is 1. The van der Waals surface area contributed by atoms with Crippen molar-refractivity contribution in [3.05, 3.63) is 70.0 Å². The van der Waals surface area contributed by atoms with E-state index in [0.717, 1.165) is 23.0 Å². The van der Waals surface area contributed by atoms with E-state index in [9.17, 15) is 4.79 Å². The van der Waals surface area contributed by atoms with Crippen molar-refractivity contribution < 1.29 is 0 Å². The Bertz CT molecular complexity index is 916. The third kappa shape index (κ3) is 4.30. The molecule has 1 aromatic heterocycles. The molecule has 0 unspecified atom stereocenters. The van der Waals surface area contributed by atoms with Gasteiger partial charge in [0.05, 0.1) is 10.9 Å². The average molecular weight is 353 g/mol. The van der Waals surface area contributed by atoms with E-state index in [1.54, 1.807) is 16.3 Å². The number of nitrogens with zero attached hydrogens (tertiary/aromatic N) is 3. The van der Waals surface area contributed by atoms with Crippen LogP contribution in [0.2, 0.25) is 0 Å². The van der Waals surface area contributed by atoms with Gasteiger partial charge in [0.15, 0.2) is 5.16 Å². The first-order valence-corrected chi connectivity index (χ1v) is 9.36. The lowest BCUT2D eigenvalue weighted by atomic mass is 10.2. The van der Waals surface area contributed by atoms with E-state index in [4.69, 9.17) is 4.98 Å². The molecule has 25 heavy (non-hydrogen) atoms. The third-order valence-corrected chi connectivity index (χ3v) is 5.13. The molecule has 0 aliphatic heterocycles. The topological polar surface area (TPSA) is 38.1 Å². The minimum atomic E-state index is 0.0406. The molecule has 0 saturated heterocycles. The summed E-state index contributed by atoms with van der Waals surface area (Å²) in [5.41, 5.74) is 3.29. The van der Waals surface area contributed by atoms with Crippen molar-refractivity contribution in [3.8, 4) is 0 Å². The summed E-state index contributed by atoms with van der Waals surface area (Å²) in [6, 6.07) is 16.1. The van der Waals surface area contributed by atoms with Crippen molar-refractivity contribution in [2.24, 2.45) is 0 Å². The van der Waals surface area contributed by atoms with Crippen LogP contribution in [0.25, 0.3) is 10.9 Å². The van der Waals surface area contributed by atoms with E-state index in [2.05, 4.69) is 36.1 Å². The summed E-state index contributed by atoms with van der Waals surface area (Å²) in [6.45, 7) is 3.53. The summed E-state index contributed by atoms with van der Waals surface area (Å²) in [7, 11) is 4.03. The van der Waals surface area contributed by atoms with Gasteiger partial charge in [0.2, 0.25) is 0 Å². The molecule has 0 aliphatic rings. The molecule has 0 saturated carbocycles. The van der Waals surface area contributed by atoms with Crippen LogP contribution >= 0.6 is 11.8 Å². The molecule has 2 aromatic carbocycles. The Morgan fingerprint density at radius 3 is 2.52 bits per heavy atom. The maximum absolute atomic E-state index is 12.9. The number of aromatic nitrogens is 2. The highest BCUT2D eigenvalue weighted by molar-refractivity contribution is 7.98. The molecule has 0 amide bonds. The molecule has 3 aromatic rings. The Morgan fingerprint density at radius 2 is 1.80 bits per heavy atom. The van der Waals surface area contributed by atoms with Gasteiger partial charge in [-0.1, -0.05) is 53.7 Å². The number of aryl methyl sites for hydroxylation is 1. The highest BCUT2D eigenvalue weighted by atomic mass is 32.2. The van der Waals surface area contributed by atoms with Crippen LogP contribution in [0.3, 0.4) is 0 Å². The zero-order chi connectivity index (χ0) is 17.8. The maximum Gasteiger partial charge on any atom is 0.262 e. The molecular formula is C20H23N3OS. The zero-order valence-electron chi connectivity index (χ0n) is 14.9. The van der Waals surface area contributed by atoms with Gasteiger partial charge in [0, 0.05) is 18.8 Å². The van der Waals surface area contributed by atoms with Gasteiger partial charge in [-0.2, -0.15) is 0 Å². The van der Waals surface area contributed by atoms with Crippen LogP contribution in [0.1, 0.15) is 11.1 Å². The Morgan fingerprint density at radius 1 is 1.08 bits per heavy atom. The van der Waals surface area contributed by atoms with Crippen molar-refractivity contribution >= 4 is 22.7 Å². The Kier molecular flexibility index (Phi) is 5.56. The monoisotopic (exact) mass is 353 g/mol. The molecular weight excluding hydrogens is 330 g/mol. The zero-order valence-corrected chi connectivity index (χ0v) is 15.7. The van der Waals surface area contributed by atoms with Gasteiger partial charge in [-0.3, -0.25) is 9.36 Å². The predicted octanol–water partition coefficient (Wildman–Crippen LogP) is 3.56. The van der Waals surface area contributed by atoms with Gasteiger partial charge in [-0.25, -0.2) is 4.98 Å². The van der Waals surface area contributed by atoms with Gasteiger partial charge in [0.1, 0.15) is 0 Å². The molecule has 0 spiro atoms. The first-order valence-electron chi connectivity index (χ1n) is 8.37. The van der Waals surface area contributed by atoms with Crippen molar-refractivity contribution in [2.45, 2.75) is 24.4 Å². The summed E-state index contributed by atoms with van der Waals surface area (Å²) >= 11 is 1.62. The lowest BCUT2D eigenvalue weighted by molar-refractivity contribution is 0.371. The molecule has 0 atom stereocenters. The first kappa shape index (κ1) is 17.7. The van der Waals surface area contributed by atoms with Gasteiger partial charge in [-0.05, 0) is 38.7 Å². The average Bonchev–Trinajstić information content (AvgIpc) is 2.60.